The van der Waals surface area contributed by atoms with Crippen LogP contribution in [0.5, 0.6) is 0 Å². The van der Waals surface area contributed by atoms with Crippen LogP contribution in [0.15, 0.2) is 36.5 Å². The van der Waals surface area contributed by atoms with E-state index in [1.807, 2.05) is 38.1 Å². The highest BCUT2D eigenvalue weighted by atomic mass is 32.2. The average Bonchev–Trinajstić information content (AvgIpc) is 3.80. The third-order valence-electron chi connectivity index (χ3n) is 7.48. The number of H-pyrrole nitrogens is 1. The summed E-state index contributed by atoms with van der Waals surface area (Å²) < 4.78 is 24.6. The van der Waals surface area contributed by atoms with Gasteiger partial charge in [-0.05, 0) is 81.0 Å². The smallest absolute Gasteiger partial charge is 0.270 e. The van der Waals surface area contributed by atoms with Crippen molar-refractivity contribution in [2.45, 2.75) is 52.1 Å². The number of carbonyl (C=O) groups excluding carboxylic acids is 2. The Kier molecular flexibility index (Phi) is 7.13. The SMILES string of the molecule is Cc1n[nH]c(C)c1-c1ccc(NC(=O)[C@@H](NC(=O)c2ccnn2CCS(C)(=O)=O)C(C2CC2)C2CC2)cc1. The van der Waals surface area contributed by atoms with Gasteiger partial charge in [0, 0.05) is 29.4 Å². The number of aryl methyl sites for hydroxylation is 3. The fraction of sp³-hybridized carbons (Fsp3) is 0.481. The molecule has 2 aliphatic carbocycles. The number of carbonyl (C=O) groups is 2. The van der Waals surface area contributed by atoms with Gasteiger partial charge in [-0.25, -0.2) is 8.42 Å². The van der Waals surface area contributed by atoms with Crippen LogP contribution in [0.2, 0.25) is 0 Å². The van der Waals surface area contributed by atoms with Gasteiger partial charge in [-0.2, -0.15) is 10.2 Å². The molecule has 1 atom stereocenters. The Bertz CT molecular complexity index is 1400. The van der Waals surface area contributed by atoms with Gasteiger partial charge >= 0.3 is 0 Å². The van der Waals surface area contributed by atoms with Crippen molar-refractivity contribution >= 4 is 27.3 Å². The Morgan fingerprint density at radius 3 is 2.29 bits per heavy atom. The van der Waals surface area contributed by atoms with Crippen molar-refractivity contribution in [2.24, 2.45) is 17.8 Å². The van der Waals surface area contributed by atoms with E-state index in [0.717, 1.165) is 54.5 Å². The van der Waals surface area contributed by atoms with Crippen LogP contribution in [0, 0.1) is 31.6 Å². The first-order valence-electron chi connectivity index (χ1n) is 13.0. The summed E-state index contributed by atoms with van der Waals surface area (Å²) >= 11 is 0. The molecular formula is C27H34N6O4S. The third kappa shape index (κ3) is 5.98. The standard InChI is InChI=1S/C27H34N6O4S/c1-16-23(17(2)32-31-16)18-8-10-21(11-9-18)29-27(35)25(24(19-4-5-19)20-6-7-20)30-26(34)22-12-13-28-33(22)14-15-38(3,36)37/h8-13,19-20,24-25H,4-7,14-15H2,1-3H3,(H,29,35)(H,30,34)(H,31,32)/t25-/m0/s1. The van der Waals surface area contributed by atoms with E-state index in [-0.39, 0.29) is 29.8 Å². The summed E-state index contributed by atoms with van der Waals surface area (Å²) in [6.07, 6.45) is 6.86. The monoisotopic (exact) mass is 538 g/mol. The van der Waals surface area contributed by atoms with E-state index in [4.69, 9.17) is 0 Å². The van der Waals surface area contributed by atoms with Crippen LogP contribution in [0.25, 0.3) is 11.1 Å². The Morgan fingerprint density at radius 2 is 1.74 bits per heavy atom. The summed E-state index contributed by atoms with van der Waals surface area (Å²) in [5, 5.41) is 17.4. The zero-order chi connectivity index (χ0) is 27.0. The quantitative estimate of drug-likeness (QED) is 0.343. The molecule has 5 rings (SSSR count). The highest BCUT2D eigenvalue weighted by Crippen LogP contribution is 2.51. The van der Waals surface area contributed by atoms with Gasteiger partial charge in [0.25, 0.3) is 5.91 Å². The minimum absolute atomic E-state index is 0.0712. The number of amides is 2. The van der Waals surface area contributed by atoms with Crippen LogP contribution in [-0.4, -0.2) is 58.3 Å². The molecule has 2 aliphatic rings. The van der Waals surface area contributed by atoms with Gasteiger partial charge in [0.15, 0.2) is 0 Å². The van der Waals surface area contributed by atoms with Gasteiger partial charge in [-0.3, -0.25) is 19.4 Å². The van der Waals surface area contributed by atoms with Gasteiger partial charge in [0.05, 0.1) is 18.0 Å². The first-order chi connectivity index (χ1) is 18.1. The largest absolute Gasteiger partial charge is 0.339 e. The summed E-state index contributed by atoms with van der Waals surface area (Å²) in [7, 11) is -3.22. The van der Waals surface area contributed by atoms with Crippen molar-refractivity contribution in [2.75, 3.05) is 17.3 Å². The highest BCUT2D eigenvalue weighted by molar-refractivity contribution is 7.90. The number of nitrogens with zero attached hydrogens (tertiary/aromatic N) is 3. The molecule has 0 radical (unpaired) electrons. The van der Waals surface area contributed by atoms with Gasteiger partial charge < -0.3 is 10.6 Å². The zero-order valence-corrected chi connectivity index (χ0v) is 22.7. The number of hydrogen-bond acceptors (Lipinski definition) is 6. The molecule has 0 aliphatic heterocycles. The van der Waals surface area contributed by atoms with E-state index < -0.39 is 21.8 Å². The second kappa shape index (κ2) is 10.4. The molecule has 38 heavy (non-hydrogen) atoms. The van der Waals surface area contributed by atoms with Crippen LogP contribution >= 0.6 is 0 Å². The first kappa shape index (κ1) is 26.1. The van der Waals surface area contributed by atoms with Crippen LogP contribution in [0.1, 0.15) is 47.6 Å². The summed E-state index contributed by atoms with van der Waals surface area (Å²) in [4.78, 5) is 27.0. The minimum Gasteiger partial charge on any atom is -0.339 e. The topological polar surface area (TPSA) is 139 Å². The molecule has 202 valence electrons. The second-order valence-electron chi connectivity index (χ2n) is 10.6. The number of hydrogen-bond donors (Lipinski definition) is 3. The number of anilines is 1. The fourth-order valence-electron chi connectivity index (χ4n) is 5.32. The summed E-state index contributed by atoms with van der Waals surface area (Å²) in [5.41, 5.74) is 4.84. The zero-order valence-electron chi connectivity index (χ0n) is 21.9. The Hall–Kier alpha value is -3.47. The maximum Gasteiger partial charge on any atom is 0.270 e. The average molecular weight is 539 g/mol. The molecule has 0 spiro atoms. The van der Waals surface area contributed by atoms with E-state index >= 15 is 0 Å². The minimum atomic E-state index is -3.22. The van der Waals surface area contributed by atoms with Gasteiger partial charge in [0.2, 0.25) is 5.91 Å². The molecule has 3 aromatic rings. The number of aromatic nitrogens is 4. The molecule has 11 heteroatoms. The second-order valence-corrected chi connectivity index (χ2v) is 12.9. The first-order valence-corrected chi connectivity index (χ1v) is 15.1. The van der Waals surface area contributed by atoms with Crippen LogP contribution in [-0.2, 0) is 21.2 Å². The molecule has 3 N–H and O–H groups in total. The Morgan fingerprint density at radius 1 is 1.08 bits per heavy atom. The lowest BCUT2D eigenvalue weighted by molar-refractivity contribution is -0.119. The lowest BCUT2D eigenvalue weighted by Crippen LogP contribution is -2.50. The van der Waals surface area contributed by atoms with E-state index in [9.17, 15) is 18.0 Å². The maximum absolute atomic E-state index is 13.6. The number of sulfone groups is 1. The summed E-state index contributed by atoms with van der Waals surface area (Å²) in [6, 6.07) is 8.48. The fourth-order valence-corrected chi connectivity index (χ4v) is 5.82. The van der Waals surface area contributed by atoms with Crippen molar-refractivity contribution in [3.63, 3.8) is 0 Å². The van der Waals surface area contributed by atoms with Crippen molar-refractivity contribution in [3.8, 4) is 11.1 Å². The molecule has 2 amide bonds. The molecule has 2 saturated carbocycles. The predicted octanol–water partition coefficient (Wildman–Crippen LogP) is 3.11. The van der Waals surface area contributed by atoms with Crippen molar-refractivity contribution in [3.05, 3.63) is 53.6 Å². The third-order valence-corrected chi connectivity index (χ3v) is 8.40. The van der Waals surface area contributed by atoms with Crippen molar-refractivity contribution in [1.29, 1.82) is 0 Å². The lowest BCUT2D eigenvalue weighted by atomic mass is 9.88. The summed E-state index contributed by atoms with van der Waals surface area (Å²) in [6.45, 7) is 3.99. The molecule has 0 saturated heterocycles. The Labute approximate surface area is 222 Å². The van der Waals surface area contributed by atoms with Crippen LogP contribution in [0.4, 0.5) is 5.69 Å². The molecule has 0 unspecified atom stereocenters. The molecular weight excluding hydrogens is 504 g/mol. The highest BCUT2D eigenvalue weighted by Gasteiger charge is 2.48. The normalized spacial score (nSPS) is 16.4. The van der Waals surface area contributed by atoms with Gasteiger partial charge in [-0.1, -0.05) is 12.1 Å². The number of benzene rings is 1. The lowest BCUT2D eigenvalue weighted by Gasteiger charge is -2.27. The van der Waals surface area contributed by atoms with Crippen LogP contribution < -0.4 is 10.6 Å². The Balaban J connectivity index is 1.34. The van der Waals surface area contributed by atoms with Crippen molar-refractivity contribution < 1.29 is 18.0 Å². The van der Waals surface area contributed by atoms with Crippen LogP contribution in [0.3, 0.4) is 0 Å². The van der Waals surface area contributed by atoms with E-state index in [0.29, 0.717) is 17.5 Å². The van der Waals surface area contributed by atoms with E-state index in [1.165, 1.54) is 10.9 Å². The van der Waals surface area contributed by atoms with Gasteiger partial charge in [-0.15, -0.1) is 0 Å². The molecule has 2 fully saturated rings. The molecule has 0 bridgehead atoms. The maximum atomic E-state index is 13.6. The van der Waals surface area contributed by atoms with E-state index in [1.54, 1.807) is 6.07 Å². The number of rotatable bonds is 11. The number of aromatic amines is 1. The van der Waals surface area contributed by atoms with E-state index in [2.05, 4.69) is 25.9 Å². The van der Waals surface area contributed by atoms with Gasteiger partial charge in [0.1, 0.15) is 21.6 Å². The van der Waals surface area contributed by atoms with Crippen molar-refractivity contribution in [1.82, 2.24) is 25.3 Å². The molecule has 2 aromatic heterocycles. The number of nitrogens with one attached hydrogen (secondary N) is 3. The molecule has 1 aromatic carbocycles. The predicted molar refractivity (Wildman–Crippen MR) is 144 cm³/mol. The summed E-state index contributed by atoms with van der Waals surface area (Å²) in [5.74, 6) is 0.115. The molecule has 10 nitrogen and oxygen atoms in total. The molecule has 2 heterocycles.